The lowest BCUT2D eigenvalue weighted by molar-refractivity contribution is -0.274. The third kappa shape index (κ3) is 4.29. The predicted octanol–water partition coefficient (Wildman–Crippen LogP) is 6.73. The van der Waals surface area contributed by atoms with Crippen LogP contribution in [0.1, 0.15) is 36.6 Å². The molecule has 3 aromatic rings. The van der Waals surface area contributed by atoms with Gasteiger partial charge in [-0.25, -0.2) is 4.79 Å². The number of benzene rings is 3. The number of carbonyl (C=O) groups is 1. The first kappa shape index (κ1) is 23.2. The lowest BCUT2D eigenvalue weighted by Gasteiger charge is -2.35. The van der Waals surface area contributed by atoms with Gasteiger partial charge in [0, 0.05) is 11.4 Å². The first-order valence-electron chi connectivity index (χ1n) is 10.6. The summed E-state index contributed by atoms with van der Waals surface area (Å²) in [5, 5.41) is 9.15. The summed E-state index contributed by atoms with van der Waals surface area (Å²) >= 11 is 0. The number of alkyl halides is 3. The van der Waals surface area contributed by atoms with Crippen molar-refractivity contribution in [3.8, 4) is 11.8 Å². The van der Waals surface area contributed by atoms with Gasteiger partial charge in [-0.1, -0.05) is 29.8 Å². The number of urea groups is 1. The lowest BCUT2D eigenvalue weighted by atomic mass is 9.87. The van der Waals surface area contributed by atoms with Gasteiger partial charge in [0.1, 0.15) is 5.75 Å². The zero-order chi connectivity index (χ0) is 24.7. The number of aryl methyl sites for hydroxylation is 1. The van der Waals surface area contributed by atoms with E-state index < -0.39 is 17.9 Å². The normalized spacial score (nSPS) is 17.6. The molecule has 0 aliphatic carbocycles. The van der Waals surface area contributed by atoms with E-state index in [-0.39, 0.29) is 11.8 Å². The zero-order valence-electron chi connectivity index (χ0n) is 18.8. The van der Waals surface area contributed by atoms with Crippen LogP contribution < -0.4 is 14.5 Å². The molecule has 0 spiro atoms. The molecule has 5 nitrogen and oxygen atoms in total. The Balaban J connectivity index is 1.86. The Morgan fingerprint density at radius 2 is 1.59 bits per heavy atom. The summed E-state index contributed by atoms with van der Waals surface area (Å²) in [5.74, 6) is -0.359. The standard InChI is InChI=1S/C26H22F3N3O2/c1-17-7-11-21(12-8-17)32-24(33)31(20-13-9-18(16-30)10-14-20)23(25(32,2)3)19-5-4-6-22(15-19)34-26(27,28)29/h4-15,23H,1-3H3/t23-/m1/s1. The van der Waals surface area contributed by atoms with Crippen molar-refractivity contribution in [2.75, 3.05) is 9.80 Å². The third-order valence-corrected chi connectivity index (χ3v) is 5.88. The van der Waals surface area contributed by atoms with Crippen LogP contribution in [0.15, 0.2) is 72.8 Å². The molecule has 0 N–H and O–H groups in total. The van der Waals surface area contributed by atoms with Crippen LogP contribution >= 0.6 is 0 Å². The molecule has 0 aromatic heterocycles. The van der Waals surface area contributed by atoms with Gasteiger partial charge in [0.15, 0.2) is 0 Å². The number of nitrogens with zero attached hydrogens (tertiary/aromatic N) is 3. The van der Waals surface area contributed by atoms with E-state index in [9.17, 15) is 18.0 Å². The summed E-state index contributed by atoms with van der Waals surface area (Å²) in [6, 6.07) is 20.8. The van der Waals surface area contributed by atoms with Gasteiger partial charge < -0.3 is 4.74 Å². The molecule has 1 aliphatic heterocycles. The molecule has 1 atom stereocenters. The van der Waals surface area contributed by atoms with Gasteiger partial charge in [0.05, 0.1) is 23.2 Å². The fourth-order valence-electron chi connectivity index (χ4n) is 4.43. The molecule has 3 aromatic carbocycles. The molecule has 0 bridgehead atoms. The first-order valence-corrected chi connectivity index (χ1v) is 10.6. The van der Waals surface area contributed by atoms with Crippen LogP contribution in [0.3, 0.4) is 0 Å². The van der Waals surface area contributed by atoms with Crippen LogP contribution in [0.2, 0.25) is 0 Å². The number of ether oxygens (including phenoxy) is 1. The summed E-state index contributed by atoms with van der Waals surface area (Å²) in [4.78, 5) is 17.0. The summed E-state index contributed by atoms with van der Waals surface area (Å²) in [6.07, 6.45) is -4.83. The van der Waals surface area contributed by atoms with Crippen LogP contribution in [-0.2, 0) is 0 Å². The maximum Gasteiger partial charge on any atom is 0.573 e. The van der Waals surface area contributed by atoms with Crippen molar-refractivity contribution in [1.82, 2.24) is 0 Å². The lowest BCUT2D eigenvalue weighted by Crippen LogP contribution is -2.43. The maximum absolute atomic E-state index is 13.8. The van der Waals surface area contributed by atoms with E-state index >= 15 is 0 Å². The molecule has 0 unspecified atom stereocenters. The molecule has 34 heavy (non-hydrogen) atoms. The minimum absolute atomic E-state index is 0.328. The second kappa shape index (κ2) is 8.41. The highest BCUT2D eigenvalue weighted by Gasteiger charge is 2.53. The Hall–Kier alpha value is -3.99. The highest BCUT2D eigenvalue weighted by molar-refractivity contribution is 6.08. The van der Waals surface area contributed by atoms with Crippen LogP contribution in [0, 0.1) is 18.3 Å². The quantitative estimate of drug-likeness (QED) is 0.429. The van der Waals surface area contributed by atoms with Crippen molar-refractivity contribution in [2.24, 2.45) is 0 Å². The van der Waals surface area contributed by atoms with Gasteiger partial charge in [0.2, 0.25) is 0 Å². The molecule has 0 saturated carbocycles. The summed E-state index contributed by atoms with van der Waals surface area (Å²) in [7, 11) is 0. The number of nitriles is 1. The highest BCUT2D eigenvalue weighted by atomic mass is 19.4. The fraction of sp³-hybridized carbons (Fsp3) is 0.231. The minimum Gasteiger partial charge on any atom is -0.406 e. The number of hydrogen-bond acceptors (Lipinski definition) is 3. The average molecular weight is 465 g/mol. The minimum atomic E-state index is -4.83. The Labute approximate surface area is 195 Å². The van der Waals surface area contributed by atoms with Gasteiger partial charge in [-0.15, -0.1) is 13.2 Å². The predicted molar refractivity (Wildman–Crippen MR) is 123 cm³/mol. The van der Waals surface area contributed by atoms with Crippen LogP contribution in [0.5, 0.6) is 5.75 Å². The van der Waals surface area contributed by atoms with Crippen LogP contribution in [0.4, 0.5) is 29.3 Å². The molecule has 1 aliphatic rings. The topological polar surface area (TPSA) is 56.6 Å². The molecular weight excluding hydrogens is 443 g/mol. The smallest absolute Gasteiger partial charge is 0.406 e. The number of carbonyl (C=O) groups excluding carboxylic acids is 1. The molecule has 2 amide bonds. The van der Waals surface area contributed by atoms with Crippen molar-refractivity contribution < 1.29 is 22.7 Å². The number of anilines is 2. The molecule has 174 valence electrons. The monoisotopic (exact) mass is 465 g/mol. The van der Waals surface area contributed by atoms with Crippen molar-refractivity contribution in [1.29, 1.82) is 5.26 Å². The van der Waals surface area contributed by atoms with E-state index in [0.29, 0.717) is 22.5 Å². The van der Waals surface area contributed by atoms with E-state index in [1.54, 1.807) is 40.1 Å². The number of amides is 2. The summed E-state index contributed by atoms with van der Waals surface area (Å²) < 4.78 is 42.8. The third-order valence-electron chi connectivity index (χ3n) is 5.88. The Morgan fingerprint density at radius 1 is 0.971 bits per heavy atom. The molecule has 1 fully saturated rings. The Bertz CT molecular complexity index is 1250. The summed E-state index contributed by atoms with van der Waals surface area (Å²) in [5.41, 5.74) is 2.30. The number of rotatable bonds is 4. The Morgan fingerprint density at radius 3 is 2.18 bits per heavy atom. The van der Waals surface area contributed by atoms with Crippen LogP contribution in [0.25, 0.3) is 0 Å². The summed E-state index contributed by atoms with van der Waals surface area (Å²) in [6.45, 7) is 5.69. The van der Waals surface area contributed by atoms with Crippen LogP contribution in [-0.4, -0.2) is 17.9 Å². The molecule has 8 heteroatoms. The highest BCUT2D eigenvalue weighted by Crippen LogP contribution is 2.48. The van der Waals surface area contributed by atoms with Gasteiger partial charge in [-0.05, 0) is 74.9 Å². The van der Waals surface area contributed by atoms with Crippen molar-refractivity contribution >= 4 is 17.4 Å². The first-order chi connectivity index (χ1) is 16.0. The fourth-order valence-corrected chi connectivity index (χ4v) is 4.43. The van der Waals surface area contributed by atoms with Gasteiger partial charge in [-0.2, -0.15) is 5.26 Å². The maximum atomic E-state index is 13.8. The number of halogens is 3. The van der Waals surface area contributed by atoms with E-state index in [0.717, 1.165) is 5.56 Å². The number of hydrogen-bond donors (Lipinski definition) is 0. The zero-order valence-corrected chi connectivity index (χ0v) is 18.8. The molecule has 1 heterocycles. The van der Waals surface area contributed by atoms with Gasteiger partial charge >= 0.3 is 12.4 Å². The molecular formula is C26H22F3N3O2. The average Bonchev–Trinajstić information content (AvgIpc) is 2.98. The van der Waals surface area contributed by atoms with E-state index in [2.05, 4.69) is 4.74 Å². The van der Waals surface area contributed by atoms with E-state index in [1.807, 2.05) is 51.1 Å². The van der Waals surface area contributed by atoms with E-state index in [4.69, 9.17) is 5.26 Å². The molecule has 1 saturated heterocycles. The molecule has 0 radical (unpaired) electrons. The SMILES string of the molecule is Cc1ccc(N2C(=O)N(c3ccc(C#N)cc3)[C@H](c3cccc(OC(F)(F)F)c3)C2(C)C)cc1. The second-order valence-electron chi connectivity index (χ2n) is 8.66. The van der Waals surface area contributed by atoms with Crippen molar-refractivity contribution in [3.05, 3.63) is 89.5 Å². The van der Waals surface area contributed by atoms with Crippen molar-refractivity contribution in [3.63, 3.8) is 0 Å². The van der Waals surface area contributed by atoms with Crippen molar-refractivity contribution in [2.45, 2.75) is 38.7 Å². The van der Waals surface area contributed by atoms with Gasteiger partial charge in [-0.3, -0.25) is 9.80 Å². The molecule has 4 rings (SSSR count). The van der Waals surface area contributed by atoms with Gasteiger partial charge in [0.25, 0.3) is 0 Å². The second-order valence-corrected chi connectivity index (χ2v) is 8.66. The largest absolute Gasteiger partial charge is 0.573 e. The van der Waals surface area contributed by atoms with E-state index in [1.165, 1.54) is 18.2 Å². The Kier molecular flexibility index (Phi) is 5.74.